The van der Waals surface area contributed by atoms with Crippen LogP contribution in [-0.2, 0) is 41.4 Å². The second-order valence-electron chi connectivity index (χ2n) is 25.7. The molecule has 17 nitrogen and oxygen atoms in total. The largest absolute Gasteiger partial charge is 0.476 e. The zero-order valence-corrected chi connectivity index (χ0v) is 55.3. The highest BCUT2D eigenvalue weighted by molar-refractivity contribution is 6.99. The predicted octanol–water partition coefficient (Wildman–Crippen LogP) is 12.0. The van der Waals surface area contributed by atoms with E-state index in [0.29, 0.717) is 52.1 Å². The van der Waals surface area contributed by atoms with E-state index in [1.165, 1.54) is 22.4 Å². The van der Waals surface area contributed by atoms with Crippen molar-refractivity contribution in [1.29, 1.82) is 0 Å². The first-order valence-electron chi connectivity index (χ1n) is 31.2. The average Bonchev–Trinajstić information content (AvgIpc) is 0.845. The van der Waals surface area contributed by atoms with Gasteiger partial charge >= 0.3 is 18.2 Å². The molecule has 6 aromatic carbocycles. The second kappa shape index (κ2) is 29.4. The van der Waals surface area contributed by atoms with Gasteiger partial charge < -0.3 is 53.4 Å². The minimum atomic E-state index is -2.60. The van der Waals surface area contributed by atoms with Crippen molar-refractivity contribution < 1.29 is 56.9 Å². The number of benzene rings is 6. The third kappa shape index (κ3) is 15.9. The summed E-state index contributed by atoms with van der Waals surface area (Å²) < 4.78 is 34.7. The average molecular weight is 1240 g/mol. The Hall–Kier alpha value is -8.48. The number of rotatable bonds is 20. The second-order valence-corrected chi connectivity index (χ2v) is 30.0. The van der Waals surface area contributed by atoms with Gasteiger partial charge in [-0.15, -0.1) is 0 Å². The van der Waals surface area contributed by atoms with E-state index in [1.807, 2.05) is 78.6 Å². The van der Waals surface area contributed by atoms with E-state index < -0.39 is 37.7 Å². The summed E-state index contributed by atoms with van der Waals surface area (Å²) in [6.07, 6.45) is 3.74. The van der Waals surface area contributed by atoms with Crippen LogP contribution in [0.15, 0.2) is 146 Å². The molecule has 0 spiro atoms. The van der Waals surface area contributed by atoms with E-state index in [1.54, 1.807) is 57.7 Å². The molecule has 0 unspecified atom stereocenters. The van der Waals surface area contributed by atoms with E-state index in [0.717, 1.165) is 48.8 Å². The van der Waals surface area contributed by atoms with Gasteiger partial charge in [0.25, 0.3) is 26.0 Å². The van der Waals surface area contributed by atoms with Crippen LogP contribution in [0.1, 0.15) is 137 Å². The van der Waals surface area contributed by atoms with E-state index in [4.69, 9.17) is 28.1 Å². The number of alkyl carbamates (subject to hydrolysis) is 2. The Kier molecular flexibility index (Phi) is 22.1. The van der Waals surface area contributed by atoms with Gasteiger partial charge in [-0.2, -0.15) is 0 Å². The van der Waals surface area contributed by atoms with Gasteiger partial charge in [-0.3, -0.25) is 14.4 Å². The molecule has 2 N–H and O–H groups in total. The van der Waals surface area contributed by atoms with Crippen LogP contribution in [0.3, 0.4) is 0 Å². The van der Waals surface area contributed by atoms with Crippen LogP contribution in [-0.4, -0.2) is 112 Å². The van der Waals surface area contributed by atoms with Crippen LogP contribution in [0.2, 0.25) is 5.04 Å². The number of esters is 1. The molecule has 2 heterocycles. The number of anilines is 2. The molecule has 0 aromatic heterocycles. The highest BCUT2D eigenvalue weighted by Gasteiger charge is 2.50. The van der Waals surface area contributed by atoms with Crippen molar-refractivity contribution in [2.24, 2.45) is 5.92 Å². The van der Waals surface area contributed by atoms with Gasteiger partial charge in [0.1, 0.15) is 24.7 Å². The van der Waals surface area contributed by atoms with Crippen molar-refractivity contribution in [2.45, 2.75) is 150 Å². The SMILES string of the molecule is COC(=O)c1cc2c(cc1C)OC(C)(C)C(=O)N2CCNC(=O)OCc1ccccc1.Cc1cc2c(cc1C(=O)N(C(C)C)C1CCC(CCO[Si](c3ccccc3)(c3ccccc3)C(C)(C)C)CC1)N(CCNC(=O)OCc1ccccc1)C(=O)C(C)(C)O2. The Morgan fingerprint density at radius 2 is 1.03 bits per heavy atom. The standard InChI is InChI=1S/C49H63N3O6Si.C23H26N2O6/c1-35(2)52(39-26-24-37(25-27-39)28-31-57-59(48(4,5)6,40-20-14-10-15-21-40)41-22-16-11-17-23-41)45(53)42-33-43-44(32-36(42)3)58-49(7,8)46(54)51(43)30-29-50-47(55)56-34-38-18-12-9-13-19-38;1-15-12-19-18(13-17(15)20(26)29-4)25(21(27)23(2,3)31-19)11-10-24-22(28)30-14-16-8-6-5-7-9-16/h9-23,32-33,35,37,39H,24-31,34H2,1-8H3,(H,50,55);5-9,12-13H,10-11,14H2,1-4H3,(H,24,28). The molecule has 5 amide bonds. The summed E-state index contributed by atoms with van der Waals surface area (Å²) in [5.74, 6) is 0.472. The highest BCUT2D eigenvalue weighted by Crippen LogP contribution is 2.43. The Balaban J connectivity index is 0.000000283. The maximum absolute atomic E-state index is 14.6. The number of hydrogen-bond acceptors (Lipinski definition) is 12. The van der Waals surface area contributed by atoms with Crippen LogP contribution < -0.4 is 40.3 Å². The number of carbonyl (C=O) groups excluding carboxylic acids is 6. The Labute approximate surface area is 531 Å². The molecule has 9 rings (SSSR count). The molecule has 2 aliphatic heterocycles. The van der Waals surface area contributed by atoms with E-state index in [-0.39, 0.29) is 74.2 Å². The molecular formula is C72H89N5O12Si. The fourth-order valence-electron chi connectivity index (χ4n) is 12.3. The van der Waals surface area contributed by atoms with E-state index >= 15 is 0 Å². The summed E-state index contributed by atoms with van der Waals surface area (Å²) in [7, 11) is -1.30. The minimum Gasteiger partial charge on any atom is -0.476 e. The smallest absolute Gasteiger partial charge is 0.407 e. The summed E-state index contributed by atoms with van der Waals surface area (Å²) in [5, 5.41) is 7.95. The summed E-state index contributed by atoms with van der Waals surface area (Å²) in [5.41, 5.74) is 2.90. The number of fused-ring (bicyclic) bond motifs is 2. The lowest BCUT2D eigenvalue weighted by atomic mass is 9.83. The molecule has 6 aromatic rings. The maximum atomic E-state index is 14.6. The molecular weight excluding hydrogens is 1150 g/mol. The Morgan fingerprint density at radius 1 is 0.622 bits per heavy atom. The summed E-state index contributed by atoms with van der Waals surface area (Å²) in [6, 6.07) is 47.5. The van der Waals surface area contributed by atoms with Crippen LogP contribution >= 0.6 is 0 Å². The Bertz CT molecular complexity index is 3420. The lowest BCUT2D eigenvalue weighted by Crippen LogP contribution is -2.66. The first-order chi connectivity index (χ1) is 42.8. The third-order valence-corrected chi connectivity index (χ3v) is 22.0. The first-order valence-corrected chi connectivity index (χ1v) is 33.1. The molecule has 0 saturated heterocycles. The monoisotopic (exact) mass is 1240 g/mol. The molecule has 3 aliphatic rings. The van der Waals surface area contributed by atoms with E-state index in [9.17, 15) is 28.8 Å². The normalized spacial score (nSPS) is 16.6. The summed E-state index contributed by atoms with van der Waals surface area (Å²) in [4.78, 5) is 83.2. The fraction of sp³-hybridized carbons (Fsp3) is 0.417. The van der Waals surface area contributed by atoms with Crippen molar-refractivity contribution in [3.63, 3.8) is 0 Å². The van der Waals surface area contributed by atoms with Gasteiger partial charge in [0.05, 0.1) is 24.0 Å². The van der Waals surface area contributed by atoms with Gasteiger partial charge in [-0.25, -0.2) is 14.4 Å². The van der Waals surface area contributed by atoms with E-state index in [2.05, 4.69) is 106 Å². The Morgan fingerprint density at radius 3 is 1.44 bits per heavy atom. The van der Waals surface area contributed by atoms with Crippen molar-refractivity contribution in [2.75, 3.05) is 49.7 Å². The maximum Gasteiger partial charge on any atom is 0.407 e. The molecule has 1 saturated carbocycles. The topological polar surface area (TPSA) is 192 Å². The van der Waals surface area contributed by atoms with Crippen molar-refractivity contribution in [3.8, 4) is 11.5 Å². The van der Waals surface area contributed by atoms with Gasteiger partial charge in [-0.05, 0) is 155 Å². The zero-order valence-electron chi connectivity index (χ0n) is 54.3. The van der Waals surface area contributed by atoms with Gasteiger partial charge in [0.15, 0.2) is 11.2 Å². The van der Waals surface area contributed by atoms with Crippen molar-refractivity contribution in [3.05, 3.63) is 179 Å². The number of aryl methyl sites for hydroxylation is 2. The molecule has 0 radical (unpaired) electrons. The molecule has 0 bridgehead atoms. The summed E-state index contributed by atoms with van der Waals surface area (Å²) in [6.45, 7) is 23.3. The first kappa shape index (κ1) is 67.4. The van der Waals surface area contributed by atoms with Gasteiger partial charge in [0.2, 0.25) is 0 Å². The number of hydrogen-bond donors (Lipinski definition) is 2. The van der Waals surface area contributed by atoms with Crippen molar-refractivity contribution in [1.82, 2.24) is 15.5 Å². The van der Waals surface area contributed by atoms with Crippen LogP contribution in [0, 0.1) is 19.8 Å². The van der Waals surface area contributed by atoms with Crippen LogP contribution in [0.4, 0.5) is 21.0 Å². The molecule has 90 heavy (non-hydrogen) atoms. The van der Waals surface area contributed by atoms with Crippen LogP contribution in [0.5, 0.6) is 11.5 Å². The van der Waals surface area contributed by atoms with Crippen LogP contribution in [0.25, 0.3) is 0 Å². The summed E-state index contributed by atoms with van der Waals surface area (Å²) >= 11 is 0. The number of nitrogens with zero attached hydrogens (tertiary/aromatic N) is 3. The quantitative estimate of drug-likeness (QED) is 0.0418. The number of ether oxygens (including phenoxy) is 5. The number of nitrogens with one attached hydrogen (secondary N) is 2. The van der Waals surface area contributed by atoms with Crippen molar-refractivity contribution >= 4 is 65.9 Å². The lowest BCUT2D eigenvalue weighted by Gasteiger charge is -2.43. The molecule has 1 fully saturated rings. The number of carbonyl (C=O) groups is 6. The third-order valence-electron chi connectivity index (χ3n) is 17.0. The highest BCUT2D eigenvalue weighted by atomic mass is 28.4. The number of amides is 5. The predicted molar refractivity (Wildman–Crippen MR) is 352 cm³/mol. The van der Waals surface area contributed by atoms with Gasteiger partial charge in [-0.1, -0.05) is 142 Å². The van der Waals surface area contributed by atoms with Gasteiger partial charge in [0, 0.05) is 50.4 Å². The lowest BCUT2D eigenvalue weighted by molar-refractivity contribution is -0.133. The zero-order chi connectivity index (χ0) is 65.0. The molecule has 1 aliphatic carbocycles. The minimum absolute atomic E-state index is 0.0167. The molecule has 478 valence electrons. The fourth-order valence-corrected chi connectivity index (χ4v) is 16.9. The molecule has 0 atom stereocenters. The number of methoxy groups -OCH3 is 1. The molecule has 18 heteroatoms.